The lowest BCUT2D eigenvalue weighted by Crippen LogP contribution is -2.30. The third-order valence-electron chi connectivity index (χ3n) is 3.67. The van der Waals surface area contributed by atoms with Crippen LogP contribution >= 0.6 is 11.3 Å². The average molecular weight is 266 g/mol. The van der Waals surface area contributed by atoms with Crippen LogP contribution in [0.15, 0.2) is 6.20 Å². The number of carbonyl (C=O) groups excluding carboxylic acids is 2. The minimum atomic E-state index is -0.0717. The molecule has 0 aromatic carbocycles. The predicted molar refractivity (Wildman–Crippen MR) is 66.3 cm³/mol. The van der Waals surface area contributed by atoms with Gasteiger partial charge in [-0.15, -0.1) is 0 Å². The van der Waals surface area contributed by atoms with E-state index in [2.05, 4.69) is 10.4 Å². The van der Waals surface area contributed by atoms with E-state index in [0.717, 1.165) is 24.1 Å². The van der Waals surface area contributed by atoms with Crippen LogP contribution in [0.25, 0.3) is 0 Å². The van der Waals surface area contributed by atoms with E-state index < -0.39 is 0 Å². The fraction of sp³-hybridized carbons (Fsp3) is 0.545. The van der Waals surface area contributed by atoms with Gasteiger partial charge in [0.15, 0.2) is 5.13 Å². The Hall–Kier alpha value is -1.47. The highest BCUT2D eigenvalue weighted by Crippen LogP contribution is 2.40. The van der Waals surface area contributed by atoms with E-state index in [-0.39, 0.29) is 23.7 Å². The Morgan fingerprint density at radius 1 is 1.39 bits per heavy atom. The summed E-state index contributed by atoms with van der Waals surface area (Å²) in [7, 11) is 0. The molecule has 2 atom stereocenters. The molecule has 6 nitrogen and oxygen atoms in total. The number of nitrogen functional groups attached to an aromatic ring is 1. The van der Waals surface area contributed by atoms with Crippen LogP contribution in [0.5, 0.6) is 0 Å². The number of hydrazine groups is 1. The molecule has 2 heterocycles. The van der Waals surface area contributed by atoms with Crippen molar-refractivity contribution in [2.75, 3.05) is 5.43 Å². The van der Waals surface area contributed by atoms with Crippen LogP contribution in [-0.4, -0.2) is 21.7 Å². The number of hydrogen-bond donors (Lipinski definition) is 2. The first-order chi connectivity index (χ1) is 8.70. The van der Waals surface area contributed by atoms with E-state index in [0.29, 0.717) is 11.7 Å². The molecule has 1 aliphatic heterocycles. The molecule has 1 aromatic heterocycles. The van der Waals surface area contributed by atoms with Gasteiger partial charge in [0.25, 0.3) is 0 Å². The number of hydrogen-bond acceptors (Lipinski definition) is 6. The Morgan fingerprint density at radius 3 is 2.61 bits per heavy atom. The van der Waals surface area contributed by atoms with E-state index in [9.17, 15) is 9.59 Å². The first-order valence-electron chi connectivity index (χ1n) is 5.97. The smallest absolute Gasteiger partial charge is 0.233 e. The van der Waals surface area contributed by atoms with Crippen molar-refractivity contribution in [3.05, 3.63) is 11.1 Å². The zero-order valence-corrected chi connectivity index (χ0v) is 10.6. The number of carbonyl (C=O) groups is 2. The maximum Gasteiger partial charge on any atom is 0.233 e. The minimum Gasteiger partial charge on any atom is -0.300 e. The Kier molecular flexibility index (Phi) is 2.79. The molecule has 1 saturated carbocycles. The number of amides is 2. The third-order valence-corrected chi connectivity index (χ3v) is 4.59. The van der Waals surface area contributed by atoms with E-state index in [1.54, 1.807) is 6.20 Å². The van der Waals surface area contributed by atoms with Crippen LogP contribution in [-0.2, 0) is 16.1 Å². The lowest BCUT2D eigenvalue weighted by Gasteiger charge is -2.14. The van der Waals surface area contributed by atoms with Gasteiger partial charge in [0.05, 0.1) is 18.4 Å². The molecule has 7 heteroatoms. The molecule has 0 radical (unpaired) electrons. The maximum atomic E-state index is 12.1. The van der Waals surface area contributed by atoms with Gasteiger partial charge in [-0.1, -0.05) is 17.8 Å². The van der Waals surface area contributed by atoms with Crippen molar-refractivity contribution in [2.24, 2.45) is 17.7 Å². The summed E-state index contributed by atoms with van der Waals surface area (Å²) in [6.07, 6.45) is 4.34. The first-order valence-corrected chi connectivity index (χ1v) is 6.79. The number of likely N-dealkylation sites (tertiary alicyclic amines) is 1. The van der Waals surface area contributed by atoms with Crippen LogP contribution in [0.2, 0.25) is 0 Å². The van der Waals surface area contributed by atoms with Gasteiger partial charge in [0.2, 0.25) is 11.8 Å². The molecule has 1 aromatic rings. The molecule has 2 aliphatic rings. The molecular formula is C11H14N4O2S. The van der Waals surface area contributed by atoms with Crippen molar-refractivity contribution in [3.8, 4) is 0 Å². The van der Waals surface area contributed by atoms with Crippen molar-refractivity contribution in [2.45, 2.75) is 25.8 Å². The van der Waals surface area contributed by atoms with Gasteiger partial charge in [-0.05, 0) is 12.8 Å². The summed E-state index contributed by atoms with van der Waals surface area (Å²) in [5, 5.41) is 0.587. The topological polar surface area (TPSA) is 88.3 Å². The fourth-order valence-corrected chi connectivity index (χ4v) is 3.53. The summed E-state index contributed by atoms with van der Waals surface area (Å²) in [5.41, 5.74) is 2.45. The number of nitrogens with one attached hydrogen (secondary N) is 1. The Morgan fingerprint density at radius 2 is 2.06 bits per heavy atom. The summed E-state index contributed by atoms with van der Waals surface area (Å²) in [5.74, 6) is 5.08. The van der Waals surface area contributed by atoms with Crippen LogP contribution in [0, 0.1) is 11.8 Å². The monoisotopic (exact) mass is 266 g/mol. The second-order valence-corrected chi connectivity index (χ2v) is 5.80. The number of thiazole rings is 1. The number of nitrogens with two attached hydrogens (primary N) is 1. The number of fused-ring (bicyclic) bond motifs is 1. The zero-order chi connectivity index (χ0) is 12.7. The summed E-state index contributed by atoms with van der Waals surface area (Å²) in [6, 6.07) is 0. The van der Waals surface area contributed by atoms with E-state index in [4.69, 9.17) is 5.84 Å². The van der Waals surface area contributed by atoms with E-state index >= 15 is 0 Å². The highest BCUT2D eigenvalue weighted by atomic mass is 32.1. The van der Waals surface area contributed by atoms with Gasteiger partial charge in [0, 0.05) is 11.1 Å². The van der Waals surface area contributed by atoms with Gasteiger partial charge < -0.3 is 0 Å². The number of anilines is 1. The van der Waals surface area contributed by atoms with E-state index in [1.165, 1.54) is 16.2 Å². The van der Waals surface area contributed by atoms with Crippen LogP contribution in [0.3, 0.4) is 0 Å². The first kappa shape index (κ1) is 11.6. The summed E-state index contributed by atoms with van der Waals surface area (Å²) >= 11 is 1.36. The number of aromatic nitrogens is 1. The molecule has 2 amide bonds. The fourth-order valence-electron chi connectivity index (χ4n) is 2.82. The molecule has 2 fully saturated rings. The predicted octanol–water partition coefficient (Wildman–Crippen LogP) is 0.714. The number of rotatable bonds is 3. The van der Waals surface area contributed by atoms with Crippen molar-refractivity contribution in [1.29, 1.82) is 0 Å². The van der Waals surface area contributed by atoms with Crippen LogP contribution in [0.1, 0.15) is 24.1 Å². The van der Waals surface area contributed by atoms with Gasteiger partial charge in [-0.25, -0.2) is 10.8 Å². The van der Waals surface area contributed by atoms with Crippen molar-refractivity contribution >= 4 is 28.3 Å². The molecule has 1 saturated heterocycles. The van der Waals surface area contributed by atoms with Gasteiger partial charge >= 0.3 is 0 Å². The highest BCUT2D eigenvalue weighted by Gasteiger charge is 2.49. The molecular weight excluding hydrogens is 252 g/mol. The largest absolute Gasteiger partial charge is 0.300 e. The minimum absolute atomic E-state index is 0.0156. The lowest BCUT2D eigenvalue weighted by molar-refractivity contribution is -0.140. The number of imide groups is 1. The van der Waals surface area contributed by atoms with E-state index in [1.807, 2.05) is 0 Å². The van der Waals surface area contributed by atoms with Gasteiger partial charge in [0.1, 0.15) is 0 Å². The summed E-state index contributed by atoms with van der Waals surface area (Å²) in [4.78, 5) is 30.5. The quantitative estimate of drug-likeness (QED) is 0.478. The Labute approximate surface area is 108 Å². The summed E-state index contributed by atoms with van der Waals surface area (Å²) in [6.45, 7) is 0.323. The Balaban J connectivity index is 1.77. The van der Waals surface area contributed by atoms with Crippen molar-refractivity contribution in [3.63, 3.8) is 0 Å². The standard InChI is InChI=1S/C11H14N4O2S/c12-14-11-13-4-6(18-11)5-15-9(16)7-2-1-3-8(7)10(15)17/h4,7-8H,1-3,5,12H2,(H,13,14). The molecule has 0 bridgehead atoms. The SMILES string of the molecule is NNc1ncc(CN2C(=O)C3CCCC3C2=O)s1. The second kappa shape index (κ2) is 4.33. The third kappa shape index (κ3) is 1.70. The molecule has 1 aliphatic carbocycles. The van der Waals surface area contributed by atoms with Gasteiger partial charge in [-0.2, -0.15) is 0 Å². The average Bonchev–Trinajstić information content (AvgIpc) is 3.06. The molecule has 2 unspecified atom stereocenters. The summed E-state index contributed by atoms with van der Waals surface area (Å²) < 4.78 is 0. The molecule has 3 rings (SSSR count). The Bertz CT molecular complexity index is 479. The second-order valence-electron chi connectivity index (χ2n) is 4.68. The molecule has 0 spiro atoms. The normalized spacial score (nSPS) is 26.8. The van der Waals surface area contributed by atoms with Gasteiger partial charge in [-0.3, -0.25) is 19.9 Å². The van der Waals surface area contributed by atoms with Crippen molar-refractivity contribution < 1.29 is 9.59 Å². The lowest BCUT2D eigenvalue weighted by atomic mass is 10.00. The van der Waals surface area contributed by atoms with Crippen LogP contribution < -0.4 is 11.3 Å². The maximum absolute atomic E-state index is 12.1. The molecule has 3 N–H and O–H groups in total. The zero-order valence-electron chi connectivity index (χ0n) is 9.76. The number of nitrogens with zero attached hydrogens (tertiary/aromatic N) is 2. The molecule has 18 heavy (non-hydrogen) atoms. The van der Waals surface area contributed by atoms with Crippen LogP contribution in [0.4, 0.5) is 5.13 Å². The van der Waals surface area contributed by atoms with Crippen molar-refractivity contribution in [1.82, 2.24) is 9.88 Å². The molecule has 96 valence electrons. The highest BCUT2D eigenvalue weighted by molar-refractivity contribution is 7.15.